The number of hydrogen-bond donors (Lipinski definition) is 2. The van der Waals surface area contributed by atoms with Crippen LogP contribution in [0.25, 0.3) is 0 Å². The van der Waals surface area contributed by atoms with Gasteiger partial charge in [-0.25, -0.2) is 0 Å². The number of aromatic nitrogens is 1. The Morgan fingerprint density at radius 2 is 2.11 bits per heavy atom. The molecule has 0 spiro atoms. The third kappa shape index (κ3) is 5.26. The van der Waals surface area contributed by atoms with Crippen molar-refractivity contribution in [3.05, 3.63) is 28.7 Å². The molecule has 0 bridgehead atoms. The number of anilines is 1. The van der Waals surface area contributed by atoms with Crippen LogP contribution in [0, 0.1) is 0 Å². The predicted molar refractivity (Wildman–Crippen MR) is 77.4 cm³/mol. The van der Waals surface area contributed by atoms with Crippen molar-refractivity contribution in [1.82, 2.24) is 9.88 Å². The van der Waals surface area contributed by atoms with Gasteiger partial charge in [-0.05, 0) is 26.0 Å². The molecule has 0 aliphatic rings. The lowest BCUT2D eigenvalue weighted by Gasteiger charge is -2.13. The third-order valence-corrected chi connectivity index (χ3v) is 2.78. The van der Waals surface area contributed by atoms with E-state index >= 15 is 0 Å². The molecular weight excluding hydrogens is 242 g/mol. The van der Waals surface area contributed by atoms with Gasteiger partial charge in [-0.15, -0.1) is 0 Å². The Morgan fingerprint density at radius 1 is 1.37 bits per heavy atom. The highest BCUT2D eigenvalue weighted by Gasteiger charge is 2.08. The van der Waals surface area contributed by atoms with Gasteiger partial charge in [-0.2, -0.15) is 0 Å². The Balaban J connectivity index is 2.64. The highest BCUT2D eigenvalue weighted by atomic mass is 16.1. The van der Waals surface area contributed by atoms with Crippen molar-refractivity contribution in [2.45, 2.75) is 46.2 Å². The highest BCUT2D eigenvalue weighted by molar-refractivity contribution is 5.90. The molecule has 1 unspecified atom stereocenters. The van der Waals surface area contributed by atoms with E-state index in [1.54, 1.807) is 16.8 Å². The normalized spacial score (nSPS) is 12.2. The summed E-state index contributed by atoms with van der Waals surface area (Å²) in [6.45, 7) is 7.50. The highest BCUT2D eigenvalue weighted by Crippen LogP contribution is 2.05. The second kappa shape index (κ2) is 7.74. The fourth-order valence-electron chi connectivity index (χ4n) is 1.93. The second-order valence-corrected chi connectivity index (χ2v) is 4.66. The Morgan fingerprint density at radius 3 is 2.74 bits per heavy atom. The maximum absolute atomic E-state index is 11.8. The smallest absolute Gasteiger partial charge is 0.250 e. The first kappa shape index (κ1) is 15.4. The molecular formula is C14H23N3O2. The zero-order valence-electron chi connectivity index (χ0n) is 11.9. The van der Waals surface area contributed by atoms with Crippen molar-refractivity contribution >= 4 is 11.6 Å². The summed E-state index contributed by atoms with van der Waals surface area (Å²) in [5.74, 6) is -0.0462. The summed E-state index contributed by atoms with van der Waals surface area (Å²) in [6, 6.07) is 3.27. The Labute approximate surface area is 114 Å². The largest absolute Gasteiger partial charge is 0.325 e. The number of pyridine rings is 1. The van der Waals surface area contributed by atoms with E-state index in [9.17, 15) is 9.59 Å². The first-order valence-corrected chi connectivity index (χ1v) is 6.80. The molecule has 1 amide bonds. The molecule has 0 saturated carbocycles. The molecule has 1 rings (SSSR count). The maximum atomic E-state index is 11.8. The molecule has 1 aromatic heterocycles. The van der Waals surface area contributed by atoms with Crippen molar-refractivity contribution in [3.63, 3.8) is 0 Å². The molecule has 0 aromatic carbocycles. The van der Waals surface area contributed by atoms with Crippen molar-refractivity contribution in [2.24, 2.45) is 0 Å². The van der Waals surface area contributed by atoms with Gasteiger partial charge in [-0.3, -0.25) is 9.59 Å². The predicted octanol–water partition coefficient (Wildman–Crippen LogP) is 1.58. The number of nitrogens with zero attached hydrogens (tertiary/aromatic N) is 1. The summed E-state index contributed by atoms with van der Waals surface area (Å²) in [7, 11) is 0. The first-order chi connectivity index (χ1) is 9.06. The molecule has 5 nitrogen and oxygen atoms in total. The number of rotatable bonds is 7. The maximum Gasteiger partial charge on any atom is 0.250 e. The van der Waals surface area contributed by atoms with Gasteiger partial charge in [0.05, 0.1) is 5.69 Å². The van der Waals surface area contributed by atoms with Gasteiger partial charge in [0, 0.05) is 31.3 Å². The average molecular weight is 265 g/mol. The van der Waals surface area contributed by atoms with Crippen molar-refractivity contribution < 1.29 is 4.79 Å². The van der Waals surface area contributed by atoms with Gasteiger partial charge in [-0.1, -0.05) is 13.8 Å². The van der Waals surface area contributed by atoms with Crippen molar-refractivity contribution in [2.75, 3.05) is 11.9 Å². The molecule has 1 atom stereocenters. The summed E-state index contributed by atoms with van der Waals surface area (Å²) in [4.78, 5) is 23.4. The lowest BCUT2D eigenvalue weighted by atomic mass is 10.2. The number of carbonyl (C=O) groups is 1. The Hall–Kier alpha value is -1.62. The van der Waals surface area contributed by atoms with Crippen LogP contribution in [0.5, 0.6) is 0 Å². The van der Waals surface area contributed by atoms with Crippen LogP contribution >= 0.6 is 0 Å². The molecule has 2 N–H and O–H groups in total. The average Bonchev–Trinajstić information content (AvgIpc) is 2.33. The van der Waals surface area contributed by atoms with Crippen LogP contribution in [0.1, 0.15) is 33.6 Å². The van der Waals surface area contributed by atoms with Gasteiger partial charge >= 0.3 is 0 Å². The Bertz CT molecular complexity index is 468. The first-order valence-electron chi connectivity index (χ1n) is 6.80. The fourth-order valence-corrected chi connectivity index (χ4v) is 1.93. The van der Waals surface area contributed by atoms with Crippen molar-refractivity contribution in [1.29, 1.82) is 0 Å². The minimum atomic E-state index is -0.0462. The summed E-state index contributed by atoms with van der Waals surface area (Å²) in [6.07, 6.45) is 3.00. The van der Waals surface area contributed by atoms with E-state index in [1.807, 2.05) is 20.8 Å². The number of aryl methyl sites for hydroxylation is 1. The van der Waals surface area contributed by atoms with E-state index in [0.717, 1.165) is 13.0 Å². The minimum absolute atomic E-state index is 0.0409. The number of hydrogen-bond acceptors (Lipinski definition) is 3. The topological polar surface area (TPSA) is 63.1 Å². The fraction of sp³-hybridized carbons (Fsp3) is 0.571. The van der Waals surface area contributed by atoms with Gasteiger partial charge in [0.2, 0.25) is 5.91 Å². The van der Waals surface area contributed by atoms with Crippen LogP contribution in [0.3, 0.4) is 0 Å². The molecule has 0 saturated heterocycles. The monoisotopic (exact) mass is 265 g/mol. The molecule has 0 aliphatic carbocycles. The molecule has 1 aromatic rings. The van der Waals surface area contributed by atoms with E-state index in [1.165, 1.54) is 6.07 Å². The summed E-state index contributed by atoms with van der Waals surface area (Å²) < 4.78 is 1.61. The van der Waals surface area contributed by atoms with E-state index in [0.29, 0.717) is 18.7 Å². The van der Waals surface area contributed by atoms with Crippen LogP contribution < -0.4 is 16.2 Å². The third-order valence-electron chi connectivity index (χ3n) is 2.78. The van der Waals surface area contributed by atoms with E-state index in [-0.39, 0.29) is 17.5 Å². The Kier molecular flexibility index (Phi) is 6.29. The van der Waals surface area contributed by atoms with E-state index in [2.05, 4.69) is 10.6 Å². The van der Waals surface area contributed by atoms with Crippen LogP contribution in [-0.2, 0) is 11.3 Å². The van der Waals surface area contributed by atoms with E-state index in [4.69, 9.17) is 0 Å². The van der Waals surface area contributed by atoms with Crippen molar-refractivity contribution in [3.8, 4) is 0 Å². The number of nitrogens with one attached hydrogen (secondary N) is 2. The van der Waals surface area contributed by atoms with Gasteiger partial charge in [0.25, 0.3) is 5.56 Å². The quantitative estimate of drug-likeness (QED) is 0.787. The zero-order chi connectivity index (χ0) is 14.3. The number of carbonyl (C=O) groups excluding carboxylic acids is 1. The van der Waals surface area contributed by atoms with Crippen LogP contribution in [0.4, 0.5) is 5.69 Å². The van der Waals surface area contributed by atoms with Crippen LogP contribution in [0.2, 0.25) is 0 Å². The van der Waals surface area contributed by atoms with Crippen LogP contribution in [0.15, 0.2) is 23.1 Å². The van der Waals surface area contributed by atoms with Gasteiger partial charge < -0.3 is 15.2 Å². The molecule has 0 radical (unpaired) electrons. The summed E-state index contributed by atoms with van der Waals surface area (Å²) >= 11 is 0. The summed E-state index contributed by atoms with van der Waals surface area (Å²) in [5, 5.41) is 6.01. The summed E-state index contributed by atoms with van der Waals surface area (Å²) in [5.41, 5.74) is 0.627. The minimum Gasteiger partial charge on any atom is -0.325 e. The van der Waals surface area contributed by atoms with Gasteiger partial charge in [0.15, 0.2) is 0 Å². The molecule has 106 valence electrons. The SMILES string of the molecule is CCCn1cc(NC(=O)CC(C)NCC)ccc1=O. The molecule has 0 fully saturated rings. The molecule has 19 heavy (non-hydrogen) atoms. The second-order valence-electron chi connectivity index (χ2n) is 4.66. The lowest BCUT2D eigenvalue weighted by Crippen LogP contribution is -2.30. The van der Waals surface area contributed by atoms with Crippen LogP contribution in [-0.4, -0.2) is 23.1 Å². The zero-order valence-corrected chi connectivity index (χ0v) is 11.9. The molecule has 0 aliphatic heterocycles. The lowest BCUT2D eigenvalue weighted by molar-refractivity contribution is -0.116. The van der Waals surface area contributed by atoms with E-state index < -0.39 is 0 Å². The molecule has 5 heteroatoms. The molecule has 1 heterocycles. The number of amides is 1. The van der Waals surface area contributed by atoms with Gasteiger partial charge in [0.1, 0.15) is 0 Å². The standard InChI is InChI=1S/C14H23N3O2/c1-4-8-17-10-12(6-7-14(17)19)16-13(18)9-11(3)15-5-2/h6-7,10-11,15H,4-5,8-9H2,1-3H3,(H,16,18).